The van der Waals surface area contributed by atoms with Gasteiger partial charge in [-0.05, 0) is 19.8 Å². The van der Waals surface area contributed by atoms with Crippen LogP contribution in [0.1, 0.15) is 41.3 Å². The summed E-state index contributed by atoms with van der Waals surface area (Å²) < 4.78 is 0. The van der Waals surface area contributed by atoms with Crippen LogP contribution in [0.5, 0.6) is 0 Å². The molecule has 132 valence electrons. The molecule has 3 rings (SSSR count). The highest BCUT2D eigenvalue weighted by Crippen LogP contribution is 2.19. The maximum Gasteiger partial charge on any atom is 0.257 e. The van der Waals surface area contributed by atoms with Gasteiger partial charge in [0.1, 0.15) is 12.1 Å². The van der Waals surface area contributed by atoms with Crippen molar-refractivity contribution in [1.29, 1.82) is 0 Å². The van der Waals surface area contributed by atoms with E-state index in [0.717, 1.165) is 48.8 Å². The standard InChI is InChI=1S/C18H24N6O/c1-4-14-16(15(5-2)22-12-21-14)18(25)24-10-8-23(9-11-24)17-13(3)19-6-7-20-17/h6-7,12H,4-5,8-11H2,1-3H3. The lowest BCUT2D eigenvalue weighted by molar-refractivity contribution is 0.0743. The quantitative estimate of drug-likeness (QED) is 0.843. The molecule has 25 heavy (non-hydrogen) atoms. The molecule has 7 heteroatoms. The van der Waals surface area contributed by atoms with Crippen LogP contribution in [0.2, 0.25) is 0 Å². The van der Waals surface area contributed by atoms with Crippen LogP contribution in [0, 0.1) is 6.92 Å². The van der Waals surface area contributed by atoms with Gasteiger partial charge in [-0.25, -0.2) is 15.0 Å². The van der Waals surface area contributed by atoms with Gasteiger partial charge in [0, 0.05) is 38.6 Å². The molecule has 0 N–H and O–H groups in total. The van der Waals surface area contributed by atoms with Gasteiger partial charge in [0.05, 0.1) is 22.6 Å². The third-order valence-corrected chi connectivity index (χ3v) is 4.61. The molecule has 0 aromatic carbocycles. The number of rotatable bonds is 4. The lowest BCUT2D eigenvalue weighted by Gasteiger charge is -2.36. The first-order chi connectivity index (χ1) is 12.2. The Labute approximate surface area is 148 Å². The van der Waals surface area contributed by atoms with E-state index < -0.39 is 0 Å². The summed E-state index contributed by atoms with van der Waals surface area (Å²) in [4.78, 5) is 34.5. The summed E-state index contributed by atoms with van der Waals surface area (Å²) in [5, 5.41) is 0. The van der Waals surface area contributed by atoms with Crippen LogP contribution in [0.4, 0.5) is 5.82 Å². The van der Waals surface area contributed by atoms with Crippen molar-refractivity contribution in [2.45, 2.75) is 33.6 Å². The lowest BCUT2D eigenvalue weighted by atomic mass is 10.1. The molecule has 0 aliphatic carbocycles. The van der Waals surface area contributed by atoms with Crippen LogP contribution in [-0.2, 0) is 12.8 Å². The van der Waals surface area contributed by atoms with E-state index in [4.69, 9.17) is 0 Å². The molecule has 7 nitrogen and oxygen atoms in total. The first kappa shape index (κ1) is 17.3. The number of hydrogen-bond acceptors (Lipinski definition) is 6. The van der Waals surface area contributed by atoms with Crippen LogP contribution in [0.3, 0.4) is 0 Å². The summed E-state index contributed by atoms with van der Waals surface area (Å²) in [5.41, 5.74) is 3.28. The van der Waals surface area contributed by atoms with Gasteiger partial charge in [-0.1, -0.05) is 13.8 Å². The van der Waals surface area contributed by atoms with E-state index in [-0.39, 0.29) is 5.91 Å². The molecule has 1 amide bonds. The van der Waals surface area contributed by atoms with E-state index in [9.17, 15) is 4.79 Å². The van der Waals surface area contributed by atoms with Crippen LogP contribution in [0.25, 0.3) is 0 Å². The van der Waals surface area contributed by atoms with Gasteiger partial charge in [0.15, 0.2) is 0 Å². The second kappa shape index (κ2) is 7.55. The molecule has 2 aromatic rings. The molecule has 2 aromatic heterocycles. The van der Waals surface area contributed by atoms with Gasteiger partial charge in [-0.3, -0.25) is 9.78 Å². The Kier molecular flexibility index (Phi) is 5.21. The molecule has 0 bridgehead atoms. The number of nitrogens with zero attached hydrogens (tertiary/aromatic N) is 6. The average Bonchev–Trinajstić information content (AvgIpc) is 2.67. The molecule has 0 radical (unpaired) electrons. The maximum atomic E-state index is 13.1. The van der Waals surface area contributed by atoms with Crippen molar-refractivity contribution in [2.75, 3.05) is 31.1 Å². The number of aromatic nitrogens is 4. The predicted molar refractivity (Wildman–Crippen MR) is 95.7 cm³/mol. The van der Waals surface area contributed by atoms with Crippen molar-refractivity contribution in [3.8, 4) is 0 Å². The minimum Gasteiger partial charge on any atom is -0.352 e. The van der Waals surface area contributed by atoms with E-state index in [2.05, 4.69) is 24.8 Å². The predicted octanol–water partition coefficient (Wildman–Crippen LogP) is 1.66. The number of piperazine rings is 1. The first-order valence-electron chi connectivity index (χ1n) is 8.80. The second-order valence-electron chi connectivity index (χ2n) is 6.09. The largest absolute Gasteiger partial charge is 0.352 e. The molecule has 0 atom stereocenters. The Hall–Kier alpha value is -2.57. The molecule has 1 saturated heterocycles. The van der Waals surface area contributed by atoms with Crippen molar-refractivity contribution in [1.82, 2.24) is 24.8 Å². The fraction of sp³-hybridized carbons (Fsp3) is 0.500. The zero-order valence-electron chi connectivity index (χ0n) is 15.1. The fourth-order valence-electron chi connectivity index (χ4n) is 3.24. The summed E-state index contributed by atoms with van der Waals surface area (Å²) >= 11 is 0. The summed E-state index contributed by atoms with van der Waals surface area (Å²) in [6.45, 7) is 8.83. The lowest BCUT2D eigenvalue weighted by Crippen LogP contribution is -2.49. The average molecular weight is 340 g/mol. The van der Waals surface area contributed by atoms with Gasteiger partial charge >= 0.3 is 0 Å². The topological polar surface area (TPSA) is 75.1 Å². The van der Waals surface area contributed by atoms with Crippen LogP contribution >= 0.6 is 0 Å². The Morgan fingerprint density at radius 3 is 2.12 bits per heavy atom. The van der Waals surface area contributed by atoms with Crippen molar-refractivity contribution < 1.29 is 4.79 Å². The summed E-state index contributed by atoms with van der Waals surface area (Å²) in [6, 6.07) is 0. The third kappa shape index (κ3) is 3.45. The van der Waals surface area contributed by atoms with E-state index in [1.54, 1.807) is 18.7 Å². The number of amides is 1. The van der Waals surface area contributed by atoms with Crippen molar-refractivity contribution in [2.24, 2.45) is 0 Å². The monoisotopic (exact) mass is 340 g/mol. The highest BCUT2D eigenvalue weighted by Gasteiger charge is 2.27. The zero-order chi connectivity index (χ0) is 17.8. The minimum absolute atomic E-state index is 0.0461. The van der Waals surface area contributed by atoms with Crippen LogP contribution in [0.15, 0.2) is 18.7 Å². The van der Waals surface area contributed by atoms with Gasteiger partial charge in [-0.2, -0.15) is 0 Å². The zero-order valence-corrected chi connectivity index (χ0v) is 15.1. The Balaban J connectivity index is 1.76. The van der Waals surface area contributed by atoms with Crippen molar-refractivity contribution >= 4 is 11.7 Å². The van der Waals surface area contributed by atoms with Gasteiger partial charge < -0.3 is 9.80 Å². The van der Waals surface area contributed by atoms with Gasteiger partial charge in [-0.15, -0.1) is 0 Å². The number of carbonyl (C=O) groups excluding carboxylic acids is 1. The molecule has 0 unspecified atom stereocenters. The number of carbonyl (C=O) groups is 1. The van der Waals surface area contributed by atoms with E-state index in [1.165, 1.54) is 0 Å². The van der Waals surface area contributed by atoms with Crippen molar-refractivity contribution in [3.05, 3.63) is 41.4 Å². The Morgan fingerprint density at radius 1 is 0.960 bits per heavy atom. The molecule has 1 aliphatic heterocycles. The minimum atomic E-state index is 0.0461. The number of aryl methyl sites for hydroxylation is 3. The molecular formula is C18H24N6O. The second-order valence-corrected chi connectivity index (χ2v) is 6.09. The van der Waals surface area contributed by atoms with E-state index in [1.807, 2.05) is 25.7 Å². The number of anilines is 1. The van der Waals surface area contributed by atoms with Crippen molar-refractivity contribution in [3.63, 3.8) is 0 Å². The first-order valence-corrected chi connectivity index (χ1v) is 8.80. The third-order valence-electron chi connectivity index (χ3n) is 4.61. The highest BCUT2D eigenvalue weighted by atomic mass is 16.2. The fourth-order valence-corrected chi connectivity index (χ4v) is 3.24. The van der Waals surface area contributed by atoms with Gasteiger partial charge in [0.2, 0.25) is 0 Å². The van der Waals surface area contributed by atoms with Gasteiger partial charge in [0.25, 0.3) is 5.91 Å². The van der Waals surface area contributed by atoms with E-state index in [0.29, 0.717) is 18.7 Å². The Bertz CT molecular complexity index is 733. The number of hydrogen-bond donors (Lipinski definition) is 0. The normalized spacial score (nSPS) is 14.7. The molecule has 3 heterocycles. The van der Waals surface area contributed by atoms with Crippen LogP contribution in [-0.4, -0.2) is 56.9 Å². The molecule has 0 spiro atoms. The summed E-state index contributed by atoms with van der Waals surface area (Å²) in [5.74, 6) is 0.950. The van der Waals surface area contributed by atoms with Crippen LogP contribution < -0.4 is 4.90 Å². The molecule has 1 fully saturated rings. The smallest absolute Gasteiger partial charge is 0.257 e. The Morgan fingerprint density at radius 2 is 1.56 bits per heavy atom. The van der Waals surface area contributed by atoms with E-state index >= 15 is 0 Å². The maximum absolute atomic E-state index is 13.1. The SMILES string of the molecule is CCc1ncnc(CC)c1C(=O)N1CCN(c2nccnc2C)CC1. The molecule has 0 saturated carbocycles. The molecular weight excluding hydrogens is 316 g/mol. The highest BCUT2D eigenvalue weighted by molar-refractivity contribution is 5.96. The molecule has 1 aliphatic rings. The summed E-state index contributed by atoms with van der Waals surface area (Å²) in [6.07, 6.45) is 6.43. The summed E-state index contributed by atoms with van der Waals surface area (Å²) in [7, 11) is 0.